The Morgan fingerprint density at radius 3 is 0.861 bits per heavy atom. The maximum absolute atomic E-state index is 12.9. The molecule has 0 aromatic rings. The van der Waals surface area contributed by atoms with E-state index in [2.05, 4.69) is 10.6 Å². The Bertz CT molecular complexity index is 741. The highest BCUT2D eigenvalue weighted by Crippen LogP contribution is 2.23. The van der Waals surface area contributed by atoms with Gasteiger partial charge in [-0.05, 0) is 0 Å². The van der Waals surface area contributed by atoms with Crippen molar-refractivity contribution in [1.29, 1.82) is 0 Å². The topological polar surface area (TPSA) is 163 Å². The number of nitrogens with one attached hydrogen (secondary N) is 2. The molecule has 0 radical (unpaired) electrons. The van der Waals surface area contributed by atoms with E-state index in [9.17, 15) is 28.8 Å². The van der Waals surface area contributed by atoms with E-state index < -0.39 is 83.8 Å². The molecule has 0 aliphatic heterocycles. The van der Waals surface area contributed by atoms with E-state index in [1.807, 2.05) is 0 Å². The third-order valence-electron chi connectivity index (χ3n) is 4.81. The normalized spacial score (nSPS) is 14.5. The van der Waals surface area contributed by atoms with Gasteiger partial charge >= 0.3 is 23.9 Å². The molecule has 0 saturated carbocycles. The van der Waals surface area contributed by atoms with E-state index in [4.69, 9.17) is 18.9 Å². The van der Waals surface area contributed by atoms with Gasteiger partial charge in [-0.1, -0.05) is 55.4 Å². The van der Waals surface area contributed by atoms with Crippen LogP contribution in [0.1, 0.15) is 55.4 Å². The van der Waals surface area contributed by atoms with Crippen molar-refractivity contribution in [1.82, 2.24) is 10.6 Å². The summed E-state index contributed by atoms with van der Waals surface area (Å²) in [6, 6.07) is 0. The summed E-state index contributed by atoms with van der Waals surface area (Å²) in [4.78, 5) is 76.0. The number of esters is 4. The lowest BCUT2D eigenvalue weighted by molar-refractivity contribution is -0.206. The molecule has 0 aliphatic carbocycles. The predicted octanol–water partition coefficient (Wildman–Crippen LogP) is 0.750. The Morgan fingerprint density at radius 2 is 0.667 bits per heavy atom. The van der Waals surface area contributed by atoms with Crippen LogP contribution in [0.15, 0.2) is 0 Å². The first kappa shape index (κ1) is 32.8. The molecule has 0 rings (SSSR count). The van der Waals surface area contributed by atoms with E-state index >= 15 is 0 Å². The fraction of sp³-hybridized carbons (Fsp3) is 0.750. The summed E-state index contributed by atoms with van der Waals surface area (Å²) in [5, 5.41) is 4.62. The maximum atomic E-state index is 12.9. The lowest BCUT2D eigenvalue weighted by atomic mass is 9.99. The molecule has 0 unspecified atom stereocenters. The molecule has 0 heterocycles. The lowest BCUT2D eigenvalue weighted by Gasteiger charge is -2.35. The zero-order chi connectivity index (χ0) is 28.3. The first-order valence-electron chi connectivity index (χ1n) is 11.8. The van der Waals surface area contributed by atoms with Crippen LogP contribution in [0.25, 0.3) is 0 Å². The minimum Gasteiger partial charge on any atom is -0.453 e. The van der Waals surface area contributed by atoms with E-state index in [1.165, 1.54) is 69.5 Å². The molecule has 206 valence electrons. The molecule has 2 amide bonds. The number of ether oxygens (including phenoxy) is 4. The summed E-state index contributed by atoms with van der Waals surface area (Å²) < 4.78 is 21.7. The van der Waals surface area contributed by atoms with Crippen molar-refractivity contribution in [3.05, 3.63) is 0 Å². The summed E-state index contributed by atoms with van der Waals surface area (Å²) in [6.07, 6.45) is -7.37. The lowest BCUT2D eigenvalue weighted by Crippen LogP contribution is -2.59. The van der Waals surface area contributed by atoms with Crippen molar-refractivity contribution in [2.45, 2.75) is 79.8 Å². The van der Waals surface area contributed by atoms with E-state index in [1.54, 1.807) is 0 Å². The summed E-state index contributed by atoms with van der Waals surface area (Å²) >= 11 is 0. The molecule has 2 N–H and O–H groups in total. The zero-order valence-corrected chi connectivity index (χ0v) is 22.7. The average molecular weight is 517 g/mol. The number of rotatable bonds is 13. The third-order valence-corrected chi connectivity index (χ3v) is 4.81. The number of amides is 2. The van der Waals surface area contributed by atoms with Crippen LogP contribution in [0.5, 0.6) is 0 Å². The summed E-state index contributed by atoms with van der Waals surface area (Å²) in [5.74, 6) is -7.90. The number of likely N-dealkylation sites (N-methyl/N-ethyl adjacent to an activating group) is 2. The first-order chi connectivity index (χ1) is 16.6. The first-order valence-corrected chi connectivity index (χ1v) is 11.8. The van der Waals surface area contributed by atoms with Crippen molar-refractivity contribution in [3.63, 3.8) is 0 Å². The van der Waals surface area contributed by atoms with Crippen LogP contribution in [0.2, 0.25) is 0 Å². The largest absolute Gasteiger partial charge is 0.453 e. The number of carbonyl (C=O) groups is 6. The molecule has 4 atom stereocenters. The van der Waals surface area contributed by atoms with Crippen molar-refractivity contribution in [3.8, 4) is 0 Å². The van der Waals surface area contributed by atoms with Gasteiger partial charge in [0.1, 0.15) is 0 Å². The second-order valence-corrected chi connectivity index (χ2v) is 9.37. The molecule has 0 fully saturated rings. The van der Waals surface area contributed by atoms with Crippen molar-refractivity contribution in [2.24, 2.45) is 23.7 Å². The van der Waals surface area contributed by atoms with E-state index in [0.717, 1.165) is 0 Å². The number of carbonyl (C=O) groups excluding carboxylic acids is 6. The molecular formula is C24H40N2O10. The SMILES string of the molecule is CNC(=O)[C@@H](OC(=O)C(C)C)[C@@H](OC(=O)C(C)C)[C@H](OC(=O)C(C)C)[C@@H](OC(=O)C(C)C)C(=O)NC. The quantitative estimate of drug-likeness (QED) is 0.264. The van der Waals surface area contributed by atoms with Gasteiger partial charge in [-0.25, -0.2) is 0 Å². The van der Waals surface area contributed by atoms with Crippen molar-refractivity contribution < 1.29 is 47.7 Å². The van der Waals surface area contributed by atoms with Crippen LogP contribution in [0.4, 0.5) is 0 Å². The highest BCUT2D eigenvalue weighted by Gasteiger charge is 2.50. The van der Waals surface area contributed by atoms with Gasteiger partial charge in [0.25, 0.3) is 11.8 Å². The number of hydrogen-bond acceptors (Lipinski definition) is 10. The van der Waals surface area contributed by atoms with Gasteiger partial charge in [0.15, 0.2) is 12.2 Å². The van der Waals surface area contributed by atoms with Gasteiger partial charge in [0.2, 0.25) is 12.2 Å². The Labute approximate surface area is 212 Å². The van der Waals surface area contributed by atoms with Gasteiger partial charge in [-0.15, -0.1) is 0 Å². The molecule has 0 aromatic heterocycles. The fourth-order valence-electron chi connectivity index (χ4n) is 2.49. The average Bonchev–Trinajstić information content (AvgIpc) is 2.81. The molecule has 0 aliphatic rings. The van der Waals surface area contributed by atoms with Crippen molar-refractivity contribution in [2.75, 3.05) is 14.1 Å². The van der Waals surface area contributed by atoms with E-state index in [-0.39, 0.29) is 0 Å². The minimum absolute atomic E-state index is 0.677. The maximum Gasteiger partial charge on any atom is 0.309 e. The monoisotopic (exact) mass is 516 g/mol. The van der Waals surface area contributed by atoms with Crippen molar-refractivity contribution >= 4 is 35.7 Å². The Hall–Kier alpha value is -3.18. The molecule has 36 heavy (non-hydrogen) atoms. The fourth-order valence-corrected chi connectivity index (χ4v) is 2.49. The Morgan fingerprint density at radius 1 is 0.444 bits per heavy atom. The second kappa shape index (κ2) is 15.0. The van der Waals surface area contributed by atoms with Crippen LogP contribution in [0, 0.1) is 23.7 Å². The third kappa shape index (κ3) is 9.82. The zero-order valence-electron chi connectivity index (χ0n) is 22.7. The van der Waals surface area contributed by atoms with Gasteiger partial charge in [-0.3, -0.25) is 28.8 Å². The summed E-state index contributed by atoms with van der Waals surface area (Å²) in [6.45, 7) is 12.1. The van der Waals surface area contributed by atoms with Crippen LogP contribution in [-0.2, 0) is 47.7 Å². The van der Waals surface area contributed by atoms with Crippen LogP contribution in [0.3, 0.4) is 0 Å². The predicted molar refractivity (Wildman–Crippen MR) is 127 cm³/mol. The molecule has 0 spiro atoms. The molecule has 0 aromatic carbocycles. The van der Waals surface area contributed by atoms with Gasteiger partial charge < -0.3 is 29.6 Å². The summed E-state index contributed by atoms with van der Waals surface area (Å²) in [5.41, 5.74) is 0. The van der Waals surface area contributed by atoms with Gasteiger partial charge in [0.05, 0.1) is 23.7 Å². The molecule has 0 saturated heterocycles. The summed E-state index contributed by atoms with van der Waals surface area (Å²) in [7, 11) is 2.51. The van der Waals surface area contributed by atoms with E-state index in [0.29, 0.717) is 0 Å². The molecule has 12 heteroatoms. The minimum atomic E-state index is -1.84. The standard InChI is InChI=1S/C24H40N2O10/c1-11(2)21(29)33-15(17(19(27)25-9)35-23(31)13(5)6)16(34-22(30)12(3)4)18(20(28)26-10)36-24(32)14(7)8/h11-18H,1-10H3,(H,25,27)(H,26,28)/t15-,16-,17-,18+/m0/s1. The van der Waals surface area contributed by atoms with Gasteiger partial charge in [-0.2, -0.15) is 0 Å². The highest BCUT2D eigenvalue weighted by molar-refractivity contribution is 5.87. The van der Waals surface area contributed by atoms with Crippen LogP contribution >= 0.6 is 0 Å². The van der Waals surface area contributed by atoms with Gasteiger partial charge in [0, 0.05) is 14.1 Å². The Balaban J connectivity index is 7.03. The molecule has 0 bridgehead atoms. The number of hydrogen-bond donors (Lipinski definition) is 2. The smallest absolute Gasteiger partial charge is 0.309 e. The second-order valence-electron chi connectivity index (χ2n) is 9.37. The highest BCUT2D eigenvalue weighted by atomic mass is 16.6. The molecule has 12 nitrogen and oxygen atoms in total. The molecular weight excluding hydrogens is 476 g/mol. The van der Waals surface area contributed by atoms with Crippen LogP contribution < -0.4 is 10.6 Å². The van der Waals surface area contributed by atoms with Crippen LogP contribution in [-0.4, -0.2) is 74.2 Å². The Kier molecular flexibility index (Phi) is 13.7.